The lowest BCUT2D eigenvalue weighted by atomic mass is 9.68. The van der Waals surface area contributed by atoms with Gasteiger partial charge in [0.05, 0.1) is 42.8 Å². The van der Waals surface area contributed by atoms with Crippen LogP contribution < -0.4 is 19.7 Å². The molecule has 1 amide bonds. The molecule has 60 heavy (non-hydrogen) atoms. The van der Waals surface area contributed by atoms with Gasteiger partial charge in [0.2, 0.25) is 5.95 Å². The molecule has 5 heterocycles. The lowest BCUT2D eigenvalue weighted by Gasteiger charge is -2.46. The third-order valence-electron chi connectivity index (χ3n) is 13.1. The summed E-state index contributed by atoms with van der Waals surface area (Å²) in [4.78, 5) is 28.7. The van der Waals surface area contributed by atoms with Crippen LogP contribution in [-0.2, 0) is 38.3 Å². The normalized spacial score (nSPS) is 29.1. The number of amides is 1. The van der Waals surface area contributed by atoms with Crippen LogP contribution in [0.1, 0.15) is 60.5 Å². The minimum absolute atomic E-state index is 0.0489. The Balaban J connectivity index is 1.08. The van der Waals surface area contributed by atoms with E-state index in [1.165, 1.54) is 11.1 Å². The summed E-state index contributed by atoms with van der Waals surface area (Å²) in [5, 5.41) is 9.22. The van der Waals surface area contributed by atoms with Crippen molar-refractivity contribution < 1.29 is 23.2 Å². The number of anilines is 3. The number of nitrogens with one attached hydrogen (secondary N) is 2. The maximum absolute atomic E-state index is 15.3. The van der Waals surface area contributed by atoms with Crippen LogP contribution in [0.5, 0.6) is 5.75 Å². The molecule has 4 aromatic rings. The van der Waals surface area contributed by atoms with E-state index in [0.29, 0.717) is 73.0 Å². The van der Waals surface area contributed by atoms with E-state index in [9.17, 15) is 4.79 Å². The highest BCUT2D eigenvalue weighted by Gasteiger charge is 2.44. The van der Waals surface area contributed by atoms with E-state index in [1.807, 2.05) is 25.1 Å². The zero-order valence-electron chi connectivity index (χ0n) is 34.8. The van der Waals surface area contributed by atoms with Crippen LogP contribution in [0, 0.1) is 17.8 Å². The van der Waals surface area contributed by atoms with Gasteiger partial charge in [-0.2, -0.15) is 15.1 Å². The molecule has 1 saturated carbocycles. The van der Waals surface area contributed by atoms with E-state index in [2.05, 4.69) is 58.6 Å². The van der Waals surface area contributed by atoms with Crippen LogP contribution in [0.2, 0.25) is 5.02 Å². The quantitative estimate of drug-likeness (QED) is 0.196. The number of morpholine rings is 1. The van der Waals surface area contributed by atoms with E-state index in [0.717, 1.165) is 81.3 Å². The lowest BCUT2D eigenvalue weighted by molar-refractivity contribution is 0.0131. The first kappa shape index (κ1) is 41.1. The number of aryl methyl sites for hydroxylation is 2. The fraction of sp³-hybridized carbons (Fsp3) is 0.545. The summed E-state index contributed by atoms with van der Waals surface area (Å²) >= 11 is 6.51. The minimum atomic E-state index is -3.46. The second-order valence-corrected chi connectivity index (χ2v) is 19.8. The Labute approximate surface area is 357 Å². The minimum Gasteiger partial charge on any atom is -0.490 e. The molecule has 320 valence electrons. The Bertz CT molecular complexity index is 2390. The van der Waals surface area contributed by atoms with Crippen molar-refractivity contribution in [1.29, 1.82) is 0 Å². The van der Waals surface area contributed by atoms with Crippen molar-refractivity contribution in [3.8, 4) is 5.75 Å². The smallest absolute Gasteiger partial charge is 0.286 e. The van der Waals surface area contributed by atoms with Gasteiger partial charge in [-0.1, -0.05) is 36.7 Å². The van der Waals surface area contributed by atoms with Gasteiger partial charge in [-0.3, -0.25) is 19.1 Å². The molecule has 0 unspecified atom stereocenters. The van der Waals surface area contributed by atoms with E-state index in [1.54, 1.807) is 31.1 Å². The number of halogens is 1. The largest absolute Gasteiger partial charge is 0.490 e. The highest BCUT2D eigenvalue weighted by atomic mass is 35.5. The molecule has 1 spiro atoms. The van der Waals surface area contributed by atoms with Gasteiger partial charge in [-0.25, -0.2) is 4.21 Å². The van der Waals surface area contributed by atoms with Crippen molar-refractivity contribution in [2.45, 2.75) is 57.0 Å². The number of rotatable bonds is 7. The molecule has 0 radical (unpaired) electrons. The van der Waals surface area contributed by atoms with Gasteiger partial charge in [-0.15, -0.1) is 4.36 Å². The van der Waals surface area contributed by atoms with E-state index >= 15 is 4.21 Å². The van der Waals surface area contributed by atoms with Crippen LogP contribution in [-0.4, -0.2) is 113 Å². The molecular formula is C44H56ClN9O5S. The van der Waals surface area contributed by atoms with E-state index in [4.69, 9.17) is 30.8 Å². The zero-order valence-corrected chi connectivity index (χ0v) is 36.3. The summed E-state index contributed by atoms with van der Waals surface area (Å²) in [5.41, 5.74) is 3.95. The summed E-state index contributed by atoms with van der Waals surface area (Å²) in [6.45, 7) is 8.63. The number of allylic oxidation sites excluding steroid dienone is 1. The predicted molar refractivity (Wildman–Crippen MR) is 236 cm³/mol. The van der Waals surface area contributed by atoms with Crippen LogP contribution >= 0.6 is 11.6 Å². The summed E-state index contributed by atoms with van der Waals surface area (Å²) in [5.74, 6) is 1.55. The van der Waals surface area contributed by atoms with Crippen LogP contribution in [0.4, 0.5) is 17.5 Å². The number of hydrogen-bond donors (Lipinski definition) is 2. The Morgan fingerprint density at radius 1 is 1.12 bits per heavy atom. The Morgan fingerprint density at radius 2 is 1.98 bits per heavy atom. The number of fused-ring (bicyclic) bond motifs is 5. The SMILES string of the molecule is CO[C@H]1/C=C/C[C@H](C)C[S@@](=O)(Nc2nc(NCCN3CCOCC3)nc3nn(C)cc23)=NC(=O)c2ccc3c(c2)N(C[C@@H]2CC[C@H]21)C[C@@]1(CCCc2cc(Cl)ccc21)CO3. The fourth-order valence-electron chi connectivity index (χ4n) is 9.84. The maximum atomic E-state index is 15.3. The number of nitrogens with zero attached hydrogens (tertiary/aromatic N) is 7. The lowest BCUT2D eigenvalue weighted by Crippen LogP contribution is -2.49. The molecule has 6 atom stereocenters. The monoisotopic (exact) mass is 857 g/mol. The number of methoxy groups -OCH3 is 1. The fourth-order valence-corrected chi connectivity index (χ4v) is 12.0. The molecule has 3 aliphatic heterocycles. The van der Waals surface area contributed by atoms with Gasteiger partial charge in [-0.05, 0) is 97.7 Å². The summed E-state index contributed by atoms with van der Waals surface area (Å²) in [7, 11) is 0.143. The van der Waals surface area contributed by atoms with Gasteiger partial charge >= 0.3 is 0 Å². The van der Waals surface area contributed by atoms with Crippen LogP contribution in [0.3, 0.4) is 0 Å². The second kappa shape index (κ2) is 17.2. The number of hydrogen-bond acceptors (Lipinski definition) is 11. The molecule has 2 aromatic heterocycles. The first-order valence-electron chi connectivity index (χ1n) is 21.4. The summed E-state index contributed by atoms with van der Waals surface area (Å²) < 4.78 is 43.1. The number of carbonyl (C=O) groups is 1. The highest BCUT2D eigenvalue weighted by Crippen LogP contribution is 2.47. The van der Waals surface area contributed by atoms with Crippen molar-refractivity contribution in [1.82, 2.24) is 24.6 Å². The topological polar surface area (TPSA) is 148 Å². The van der Waals surface area contributed by atoms with Gasteiger partial charge in [0.15, 0.2) is 11.5 Å². The molecule has 2 fully saturated rings. The highest BCUT2D eigenvalue weighted by molar-refractivity contribution is 7.95. The van der Waals surface area contributed by atoms with Crippen molar-refractivity contribution in [3.63, 3.8) is 0 Å². The number of benzene rings is 2. The molecule has 2 bridgehead atoms. The molecular weight excluding hydrogens is 802 g/mol. The van der Waals surface area contributed by atoms with Gasteiger partial charge in [0.25, 0.3) is 5.91 Å². The van der Waals surface area contributed by atoms with Crippen LogP contribution in [0.15, 0.2) is 59.1 Å². The first-order chi connectivity index (χ1) is 29.1. The van der Waals surface area contributed by atoms with Crippen molar-refractivity contribution >= 4 is 55.9 Å². The standard InChI is InChI=1S/C44H56ClN9O5S/c1-29-6-4-8-38(57-3)34-12-9-32(34)24-54-27-44(15-5-7-30-22-33(45)11-13-36(30)44)28-59-39-14-10-31(23-37(39)54)42(55)51-60(56,26-29)50-41-35-25-52(2)49-40(35)47-43(48-41)46-16-17-53-18-20-58-21-19-53/h4,8,10-11,13-14,22-23,25,29,32,34,38H,5-7,9,12,15-21,24,26-28H2,1-3H3,(H2,46,47,48,49,50,51,55,56)/b8-4+/t29-,32-,34+,38-,44-,60+/m0/s1. The average Bonchev–Trinajstić information content (AvgIpc) is 3.53. The second-order valence-electron chi connectivity index (χ2n) is 17.4. The summed E-state index contributed by atoms with van der Waals surface area (Å²) in [6.07, 6.45) is 11.9. The summed E-state index contributed by atoms with van der Waals surface area (Å²) in [6, 6.07) is 11.8. The maximum Gasteiger partial charge on any atom is 0.286 e. The molecule has 1 saturated heterocycles. The third kappa shape index (κ3) is 8.61. The van der Waals surface area contributed by atoms with Gasteiger partial charge in [0.1, 0.15) is 15.7 Å². The Kier molecular flexibility index (Phi) is 11.8. The van der Waals surface area contributed by atoms with Crippen molar-refractivity contribution in [3.05, 3.63) is 76.5 Å². The molecule has 2 N–H and O–H groups in total. The zero-order chi connectivity index (χ0) is 41.4. The molecule has 5 aliphatic rings. The predicted octanol–water partition coefficient (Wildman–Crippen LogP) is 6.51. The number of aromatic nitrogens is 4. The van der Waals surface area contributed by atoms with Crippen LogP contribution in [0.25, 0.3) is 11.0 Å². The Hall–Kier alpha value is -4.28. The number of ether oxygens (including phenoxy) is 3. The van der Waals surface area contributed by atoms with E-state index < -0.39 is 15.8 Å². The van der Waals surface area contributed by atoms with Crippen molar-refractivity contribution in [2.24, 2.45) is 29.2 Å². The first-order valence-corrected chi connectivity index (χ1v) is 23.5. The number of carbonyl (C=O) groups excluding carboxylic acids is 1. The Morgan fingerprint density at radius 3 is 2.80 bits per heavy atom. The molecule has 2 aliphatic carbocycles. The van der Waals surface area contributed by atoms with Gasteiger partial charge in [0, 0.05) is 75.6 Å². The van der Waals surface area contributed by atoms with Crippen molar-refractivity contribution in [2.75, 3.05) is 86.9 Å². The molecule has 9 rings (SSSR count). The third-order valence-corrected chi connectivity index (χ3v) is 15.3. The van der Waals surface area contributed by atoms with E-state index in [-0.39, 0.29) is 23.2 Å². The molecule has 14 nitrogen and oxygen atoms in total. The molecule has 2 aromatic carbocycles. The average molecular weight is 859 g/mol. The molecule has 16 heteroatoms. The van der Waals surface area contributed by atoms with Gasteiger partial charge < -0.3 is 24.4 Å².